The van der Waals surface area contributed by atoms with Gasteiger partial charge in [0.15, 0.2) is 0 Å². The van der Waals surface area contributed by atoms with Crippen LogP contribution in [0, 0.1) is 6.92 Å². The molecule has 3 heteroatoms. The van der Waals surface area contributed by atoms with Crippen LogP contribution in [-0.2, 0) is 5.41 Å². The molecule has 0 aliphatic heterocycles. The van der Waals surface area contributed by atoms with Crippen molar-refractivity contribution in [3.63, 3.8) is 0 Å². The molecule has 1 aromatic heterocycles. The molecule has 1 N–H and O–H groups in total. The number of nitrogens with zero attached hydrogens (tertiary/aromatic N) is 1. The molecular weight excluding hydrogens is 170 g/mol. The van der Waals surface area contributed by atoms with Crippen LogP contribution in [0.2, 0.25) is 0 Å². The Labute approximate surface area is 76.3 Å². The molecule has 2 rings (SSSR count). The minimum Gasteiger partial charge on any atom is -0.395 e. The summed E-state index contributed by atoms with van der Waals surface area (Å²) >= 11 is 1.69. The summed E-state index contributed by atoms with van der Waals surface area (Å²) in [4.78, 5) is 5.52. The van der Waals surface area contributed by atoms with Gasteiger partial charge >= 0.3 is 0 Å². The van der Waals surface area contributed by atoms with Crippen LogP contribution in [-0.4, -0.2) is 16.7 Å². The number of aliphatic hydroxyl groups excluding tert-OH is 1. The molecule has 2 nitrogen and oxygen atoms in total. The van der Waals surface area contributed by atoms with Gasteiger partial charge in [0, 0.05) is 10.3 Å². The van der Waals surface area contributed by atoms with Crippen molar-refractivity contribution in [1.29, 1.82) is 0 Å². The summed E-state index contributed by atoms with van der Waals surface area (Å²) in [7, 11) is 0. The molecule has 0 spiro atoms. The molecule has 1 heterocycles. The number of aryl methyl sites for hydroxylation is 1. The van der Waals surface area contributed by atoms with Gasteiger partial charge in [-0.3, -0.25) is 0 Å². The first kappa shape index (κ1) is 8.20. The Bertz CT molecular complexity index is 272. The summed E-state index contributed by atoms with van der Waals surface area (Å²) in [6.45, 7) is 2.32. The van der Waals surface area contributed by atoms with Crippen molar-refractivity contribution in [3.05, 3.63) is 16.1 Å². The van der Waals surface area contributed by atoms with Crippen LogP contribution >= 0.6 is 11.3 Å². The molecule has 0 aromatic carbocycles. The Morgan fingerprint density at radius 1 is 1.67 bits per heavy atom. The van der Waals surface area contributed by atoms with Crippen LogP contribution in [0.15, 0.2) is 5.51 Å². The fourth-order valence-electron chi connectivity index (χ4n) is 1.87. The van der Waals surface area contributed by atoms with Crippen molar-refractivity contribution < 1.29 is 5.11 Å². The highest BCUT2D eigenvalue weighted by Gasteiger charge is 2.40. The predicted octanol–water partition coefficient (Wildman–Crippen LogP) is 1.87. The Kier molecular flexibility index (Phi) is 1.93. The highest BCUT2D eigenvalue weighted by Crippen LogP contribution is 2.45. The molecule has 1 aliphatic carbocycles. The molecule has 0 radical (unpaired) electrons. The number of hydrogen-bond donors (Lipinski definition) is 1. The zero-order valence-electron chi connectivity index (χ0n) is 7.21. The summed E-state index contributed by atoms with van der Waals surface area (Å²) in [6, 6.07) is 0. The normalized spacial score (nSPS) is 20.5. The fourth-order valence-corrected chi connectivity index (χ4v) is 2.93. The first-order valence-corrected chi connectivity index (χ1v) is 5.18. The smallest absolute Gasteiger partial charge is 0.0797 e. The quantitative estimate of drug-likeness (QED) is 0.759. The van der Waals surface area contributed by atoms with Gasteiger partial charge in [-0.15, -0.1) is 11.3 Å². The van der Waals surface area contributed by atoms with Crippen LogP contribution < -0.4 is 0 Å². The van der Waals surface area contributed by atoms with Crippen LogP contribution in [0.5, 0.6) is 0 Å². The lowest BCUT2D eigenvalue weighted by Crippen LogP contribution is -2.37. The van der Waals surface area contributed by atoms with E-state index in [0.717, 1.165) is 18.5 Å². The Morgan fingerprint density at radius 3 is 2.75 bits per heavy atom. The summed E-state index contributed by atoms with van der Waals surface area (Å²) in [5.41, 5.74) is 3.07. The largest absolute Gasteiger partial charge is 0.395 e. The number of aliphatic hydroxyl groups is 1. The van der Waals surface area contributed by atoms with Crippen LogP contribution in [0.1, 0.15) is 29.8 Å². The van der Waals surface area contributed by atoms with Gasteiger partial charge < -0.3 is 5.11 Å². The zero-order valence-corrected chi connectivity index (χ0v) is 8.02. The SMILES string of the molecule is Cc1ncsc1C1(CO)CCC1. The van der Waals surface area contributed by atoms with Crippen molar-refractivity contribution in [2.45, 2.75) is 31.6 Å². The maximum absolute atomic E-state index is 9.31. The minimum absolute atomic E-state index is 0.0885. The third-order valence-corrected chi connectivity index (χ3v) is 4.02. The summed E-state index contributed by atoms with van der Waals surface area (Å²) in [5.74, 6) is 0. The average Bonchev–Trinajstić information content (AvgIpc) is 2.36. The summed E-state index contributed by atoms with van der Waals surface area (Å²) < 4.78 is 0. The molecule has 1 fully saturated rings. The zero-order chi connectivity index (χ0) is 8.60. The van der Waals surface area contributed by atoms with E-state index in [2.05, 4.69) is 4.98 Å². The molecule has 1 aliphatic rings. The van der Waals surface area contributed by atoms with Crippen LogP contribution in [0.25, 0.3) is 0 Å². The summed E-state index contributed by atoms with van der Waals surface area (Å²) in [6.07, 6.45) is 3.51. The number of hydrogen-bond acceptors (Lipinski definition) is 3. The third-order valence-electron chi connectivity index (χ3n) is 2.84. The molecule has 0 amide bonds. The molecule has 12 heavy (non-hydrogen) atoms. The molecule has 1 aromatic rings. The van der Waals surface area contributed by atoms with Crippen LogP contribution in [0.4, 0.5) is 0 Å². The van der Waals surface area contributed by atoms with E-state index in [1.165, 1.54) is 11.3 Å². The summed E-state index contributed by atoms with van der Waals surface area (Å²) in [5, 5.41) is 9.31. The molecule has 1 saturated carbocycles. The van der Waals surface area contributed by atoms with E-state index in [0.29, 0.717) is 0 Å². The Morgan fingerprint density at radius 2 is 2.42 bits per heavy atom. The van der Waals surface area contributed by atoms with Crippen molar-refractivity contribution in [2.75, 3.05) is 6.61 Å². The maximum Gasteiger partial charge on any atom is 0.0797 e. The van der Waals surface area contributed by atoms with Crippen LogP contribution in [0.3, 0.4) is 0 Å². The van der Waals surface area contributed by atoms with Crippen molar-refractivity contribution in [3.8, 4) is 0 Å². The van der Waals surface area contributed by atoms with E-state index in [9.17, 15) is 5.11 Å². The van der Waals surface area contributed by atoms with Gasteiger partial charge in [0.05, 0.1) is 17.8 Å². The second kappa shape index (κ2) is 2.82. The van der Waals surface area contributed by atoms with E-state index < -0.39 is 0 Å². The van der Waals surface area contributed by atoms with E-state index in [1.807, 2.05) is 12.4 Å². The standard InChI is InChI=1S/C9H13NOS/c1-7-8(12-6-10-7)9(5-11)3-2-4-9/h6,11H,2-5H2,1H3. The molecule has 0 atom stereocenters. The maximum atomic E-state index is 9.31. The predicted molar refractivity (Wildman–Crippen MR) is 49.5 cm³/mol. The molecule has 0 bridgehead atoms. The fraction of sp³-hybridized carbons (Fsp3) is 0.667. The second-order valence-corrected chi connectivity index (χ2v) is 4.41. The minimum atomic E-state index is 0.0885. The van der Waals surface area contributed by atoms with Gasteiger partial charge in [0.1, 0.15) is 0 Å². The van der Waals surface area contributed by atoms with E-state index in [1.54, 1.807) is 11.3 Å². The molecule has 0 unspecified atom stereocenters. The van der Waals surface area contributed by atoms with Gasteiger partial charge in [-0.25, -0.2) is 4.98 Å². The van der Waals surface area contributed by atoms with Gasteiger partial charge in [0.2, 0.25) is 0 Å². The third kappa shape index (κ3) is 1.00. The van der Waals surface area contributed by atoms with E-state index in [-0.39, 0.29) is 12.0 Å². The van der Waals surface area contributed by atoms with Gasteiger partial charge in [0.25, 0.3) is 0 Å². The van der Waals surface area contributed by atoms with Gasteiger partial charge in [-0.1, -0.05) is 6.42 Å². The highest BCUT2D eigenvalue weighted by atomic mass is 32.1. The van der Waals surface area contributed by atoms with E-state index >= 15 is 0 Å². The number of thiazole rings is 1. The van der Waals surface area contributed by atoms with Crippen molar-refractivity contribution >= 4 is 11.3 Å². The molecular formula is C9H13NOS. The Hall–Kier alpha value is -0.410. The number of rotatable bonds is 2. The Balaban J connectivity index is 2.33. The average molecular weight is 183 g/mol. The topological polar surface area (TPSA) is 33.1 Å². The van der Waals surface area contributed by atoms with Crippen molar-refractivity contribution in [2.24, 2.45) is 0 Å². The second-order valence-electron chi connectivity index (χ2n) is 3.56. The molecule has 0 saturated heterocycles. The molecule has 66 valence electrons. The lowest BCUT2D eigenvalue weighted by Gasteiger charge is -2.39. The van der Waals surface area contributed by atoms with Gasteiger partial charge in [-0.2, -0.15) is 0 Å². The lowest BCUT2D eigenvalue weighted by atomic mass is 9.68. The highest BCUT2D eigenvalue weighted by molar-refractivity contribution is 7.09. The first-order chi connectivity index (χ1) is 5.78. The van der Waals surface area contributed by atoms with Gasteiger partial charge in [-0.05, 0) is 19.8 Å². The number of aromatic nitrogens is 1. The van der Waals surface area contributed by atoms with E-state index in [4.69, 9.17) is 0 Å². The lowest BCUT2D eigenvalue weighted by molar-refractivity contribution is 0.122. The first-order valence-electron chi connectivity index (χ1n) is 4.30. The monoisotopic (exact) mass is 183 g/mol. The van der Waals surface area contributed by atoms with Crippen molar-refractivity contribution in [1.82, 2.24) is 4.98 Å².